The summed E-state index contributed by atoms with van der Waals surface area (Å²) in [5.74, 6) is -1.03. The highest BCUT2D eigenvalue weighted by Gasteiger charge is 2.39. The van der Waals surface area contributed by atoms with Gasteiger partial charge in [-0.3, -0.25) is 24.5 Å². The number of aliphatic hydroxyl groups is 1. The zero-order valence-corrected chi connectivity index (χ0v) is 21.2. The van der Waals surface area contributed by atoms with Crippen LogP contribution in [0, 0.1) is 15.5 Å². The van der Waals surface area contributed by atoms with Gasteiger partial charge >= 0.3 is 11.9 Å². The summed E-state index contributed by atoms with van der Waals surface area (Å²) in [5, 5.41) is 21.6. The Morgan fingerprint density at radius 3 is 1.91 bits per heavy atom. The minimum Gasteiger partial charge on any atom is -0.493 e. The van der Waals surface area contributed by atoms with Crippen molar-refractivity contribution in [3.8, 4) is 11.5 Å². The number of nitrogens with zero attached hydrogens (tertiary/aromatic N) is 1. The van der Waals surface area contributed by atoms with Crippen LogP contribution < -0.4 is 9.47 Å². The van der Waals surface area contributed by atoms with E-state index in [4.69, 9.17) is 18.9 Å². The van der Waals surface area contributed by atoms with Crippen molar-refractivity contribution in [3.63, 3.8) is 0 Å². The number of hydrogen-bond donors (Lipinski definition) is 1. The molecule has 35 heavy (non-hydrogen) atoms. The summed E-state index contributed by atoms with van der Waals surface area (Å²) in [6, 6.07) is 2.60. The van der Waals surface area contributed by atoms with E-state index in [0.29, 0.717) is 19.3 Å². The summed E-state index contributed by atoms with van der Waals surface area (Å²) in [5.41, 5.74) is -2.61. The van der Waals surface area contributed by atoms with E-state index in [-0.39, 0.29) is 42.2 Å². The maximum atomic E-state index is 12.2. The number of methoxy groups -OCH3 is 2. The third-order valence-electron chi connectivity index (χ3n) is 5.12. The van der Waals surface area contributed by atoms with Gasteiger partial charge in [0.25, 0.3) is 5.69 Å². The minimum absolute atomic E-state index is 0.0743. The van der Waals surface area contributed by atoms with E-state index >= 15 is 0 Å². The molecule has 196 valence electrons. The number of unbranched alkanes of at least 4 members (excludes halogenated alkanes) is 2. The molecule has 1 aromatic carbocycles. The van der Waals surface area contributed by atoms with Crippen LogP contribution in [0.4, 0.5) is 5.69 Å². The molecule has 0 radical (unpaired) electrons. The summed E-state index contributed by atoms with van der Waals surface area (Å²) in [7, 11) is 2.75. The number of nitro groups is 1. The quantitative estimate of drug-likeness (QED) is 0.175. The lowest BCUT2D eigenvalue weighted by Crippen LogP contribution is -2.46. The molecule has 0 aliphatic rings. The standard InChI is InChI=1S/C24H35NO10/c1-23(2,3)22(28)24(4,29)15-35-21(27)11-9-7-8-10-20(26)34-14-16-12-18(32-5)19(33-6)13-17(16)25(30)31/h12-13,29H,7-11,14-15H2,1-6H3. The number of carbonyl (C=O) groups excluding carboxylic acids is 3. The molecule has 1 N–H and O–H groups in total. The lowest BCUT2D eigenvalue weighted by atomic mass is 9.81. The Morgan fingerprint density at radius 1 is 0.914 bits per heavy atom. The van der Waals surface area contributed by atoms with Gasteiger partial charge in [0.2, 0.25) is 0 Å². The maximum Gasteiger partial charge on any atom is 0.306 e. The van der Waals surface area contributed by atoms with Gasteiger partial charge in [0.05, 0.1) is 30.8 Å². The van der Waals surface area contributed by atoms with E-state index in [0.717, 1.165) is 0 Å². The second-order valence-electron chi connectivity index (χ2n) is 9.33. The molecule has 0 saturated carbocycles. The number of carbonyl (C=O) groups is 3. The van der Waals surface area contributed by atoms with Crippen LogP contribution in [0.15, 0.2) is 12.1 Å². The zero-order valence-electron chi connectivity index (χ0n) is 21.2. The average molecular weight is 498 g/mol. The number of hydrogen-bond acceptors (Lipinski definition) is 10. The molecule has 0 bridgehead atoms. The van der Waals surface area contributed by atoms with Gasteiger partial charge in [0.15, 0.2) is 22.9 Å². The first kappa shape index (κ1) is 29.8. The molecule has 1 atom stereocenters. The van der Waals surface area contributed by atoms with Crippen molar-refractivity contribution in [2.45, 2.75) is 72.0 Å². The molecule has 0 amide bonds. The molecule has 0 aromatic heterocycles. The Morgan fingerprint density at radius 2 is 1.43 bits per heavy atom. The average Bonchev–Trinajstić information content (AvgIpc) is 2.79. The van der Waals surface area contributed by atoms with Gasteiger partial charge < -0.3 is 24.1 Å². The first-order valence-corrected chi connectivity index (χ1v) is 11.2. The fourth-order valence-corrected chi connectivity index (χ4v) is 3.31. The summed E-state index contributed by atoms with van der Waals surface area (Å²) in [6.45, 7) is 5.62. The molecular formula is C24H35NO10. The predicted molar refractivity (Wildman–Crippen MR) is 125 cm³/mol. The predicted octanol–water partition coefficient (Wildman–Crippen LogP) is 3.52. The first-order chi connectivity index (χ1) is 16.2. The van der Waals surface area contributed by atoms with E-state index < -0.39 is 40.3 Å². The second-order valence-corrected chi connectivity index (χ2v) is 9.33. The van der Waals surface area contributed by atoms with Crippen molar-refractivity contribution < 1.29 is 43.4 Å². The number of rotatable bonds is 14. The molecular weight excluding hydrogens is 462 g/mol. The molecule has 0 spiro atoms. The summed E-state index contributed by atoms with van der Waals surface area (Å²) < 4.78 is 20.4. The maximum absolute atomic E-state index is 12.2. The van der Waals surface area contributed by atoms with Gasteiger partial charge in [0.1, 0.15) is 13.2 Å². The third-order valence-corrected chi connectivity index (χ3v) is 5.12. The Hall–Kier alpha value is -3.21. The highest BCUT2D eigenvalue weighted by molar-refractivity contribution is 5.91. The fourth-order valence-electron chi connectivity index (χ4n) is 3.31. The monoisotopic (exact) mass is 497 g/mol. The normalized spacial score (nSPS) is 12.9. The molecule has 11 heteroatoms. The molecule has 0 aliphatic heterocycles. The summed E-state index contributed by atoms with van der Waals surface area (Å²) >= 11 is 0. The summed E-state index contributed by atoms with van der Waals surface area (Å²) in [4.78, 5) is 46.8. The van der Waals surface area contributed by atoms with Crippen LogP contribution in [-0.4, -0.2) is 54.2 Å². The van der Waals surface area contributed by atoms with Crippen molar-refractivity contribution in [3.05, 3.63) is 27.8 Å². The number of ether oxygens (including phenoxy) is 4. The van der Waals surface area contributed by atoms with E-state index in [1.807, 2.05) is 0 Å². The van der Waals surface area contributed by atoms with Crippen molar-refractivity contribution in [1.82, 2.24) is 0 Å². The number of ketones is 1. The largest absolute Gasteiger partial charge is 0.493 e. The van der Waals surface area contributed by atoms with E-state index in [1.54, 1.807) is 20.8 Å². The smallest absolute Gasteiger partial charge is 0.306 e. The first-order valence-electron chi connectivity index (χ1n) is 11.2. The van der Waals surface area contributed by atoms with Crippen LogP contribution in [0.2, 0.25) is 0 Å². The van der Waals surface area contributed by atoms with Crippen molar-refractivity contribution in [1.29, 1.82) is 0 Å². The molecule has 1 aromatic rings. The molecule has 11 nitrogen and oxygen atoms in total. The van der Waals surface area contributed by atoms with E-state index in [2.05, 4.69) is 0 Å². The van der Waals surface area contributed by atoms with Gasteiger partial charge in [-0.2, -0.15) is 0 Å². The zero-order chi connectivity index (χ0) is 26.8. The van der Waals surface area contributed by atoms with Gasteiger partial charge in [0, 0.05) is 18.3 Å². The molecule has 0 saturated heterocycles. The van der Waals surface area contributed by atoms with Crippen LogP contribution >= 0.6 is 0 Å². The number of Topliss-reactive ketones (excluding diaryl/α,β-unsaturated/α-hetero) is 1. The molecule has 0 fully saturated rings. The minimum atomic E-state index is -1.76. The van der Waals surface area contributed by atoms with Gasteiger partial charge in [-0.05, 0) is 25.8 Å². The van der Waals surface area contributed by atoms with Crippen molar-refractivity contribution in [2.24, 2.45) is 5.41 Å². The van der Waals surface area contributed by atoms with Crippen LogP contribution in [0.5, 0.6) is 11.5 Å². The topological polar surface area (TPSA) is 152 Å². The van der Waals surface area contributed by atoms with Gasteiger partial charge in [-0.15, -0.1) is 0 Å². The number of esters is 2. The second kappa shape index (κ2) is 13.0. The molecule has 1 rings (SSSR count). The van der Waals surface area contributed by atoms with E-state index in [1.165, 1.54) is 33.3 Å². The van der Waals surface area contributed by atoms with Crippen LogP contribution in [0.3, 0.4) is 0 Å². The Balaban J connectivity index is 2.41. The fraction of sp³-hybridized carbons (Fsp3) is 0.625. The van der Waals surface area contributed by atoms with E-state index in [9.17, 15) is 29.6 Å². The molecule has 0 heterocycles. The van der Waals surface area contributed by atoms with Crippen LogP contribution in [-0.2, 0) is 30.5 Å². The van der Waals surface area contributed by atoms with Crippen molar-refractivity contribution in [2.75, 3.05) is 20.8 Å². The SMILES string of the molecule is COc1cc(COC(=O)CCCCCC(=O)OCC(C)(O)C(=O)C(C)(C)C)c([N+](=O)[O-])cc1OC. The number of nitro benzene ring substituents is 1. The summed E-state index contributed by atoms with van der Waals surface area (Å²) in [6.07, 6.45) is 1.58. The van der Waals surface area contributed by atoms with Crippen LogP contribution in [0.25, 0.3) is 0 Å². The molecule has 1 unspecified atom stereocenters. The van der Waals surface area contributed by atoms with Crippen molar-refractivity contribution >= 4 is 23.4 Å². The lowest BCUT2D eigenvalue weighted by molar-refractivity contribution is -0.385. The third kappa shape index (κ3) is 9.51. The Labute approximate surface area is 204 Å². The lowest BCUT2D eigenvalue weighted by Gasteiger charge is -2.28. The van der Waals surface area contributed by atoms with Crippen LogP contribution in [0.1, 0.15) is 65.4 Å². The van der Waals surface area contributed by atoms with Gasteiger partial charge in [-0.1, -0.05) is 27.2 Å². The van der Waals surface area contributed by atoms with Gasteiger partial charge in [-0.25, -0.2) is 0 Å². The Bertz CT molecular complexity index is 918. The Kier molecular flexibility index (Phi) is 11.1. The molecule has 0 aliphatic carbocycles. The number of benzene rings is 1. The highest BCUT2D eigenvalue weighted by Crippen LogP contribution is 2.34. The highest BCUT2D eigenvalue weighted by atomic mass is 16.6.